The van der Waals surface area contributed by atoms with Crippen LogP contribution in [0.5, 0.6) is 5.75 Å². The molecule has 6 nitrogen and oxygen atoms in total. The van der Waals surface area contributed by atoms with Gasteiger partial charge >= 0.3 is 5.97 Å². The molecule has 2 rings (SSSR count). The van der Waals surface area contributed by atoms with Crippen LogP contribution in [-0.4, -0.2) is 32.6 Å². The van der Waals surface area contributed by atoms with Crippen molar-refractivity contribution in [3.63, 3.8) is 0 Å². The standard InChI is InChI=1S/C18H21NO5S/c1-4-24-15-6-8-16(9-7-15)25(22,23)19(12-18(20)21)17-10-5-13(2)11-14(17)3/h5-11H,4,12H2,1-3H3,(H,20,21). The number of carboxylic acids is 1. The molecule has 0 aliphatic carbocycles. The normalized spacial score (nSPS) is 11.2. The number of rotatable bonds is 7. The zero-order valence-electron chi connectivity index (χ0n) is 14.4. The highest BCUT2D eigenvalue weighted by Crippen LogP contribution is 2.28. The number of sulfonamides is 1. The van der Waals surface area contributed by atoms with E-state index < -0.39 is 22.5 Å². The molecular formula is C18H21NO5S. The van der Waals surface area contributed by atoms with Crippen LogP contribution in [0.3, 0.4) is 0 Å². The number of carboxylic acid groups (broad SMARTS) is 1. The van der Waals surface area contributed by atoms with E-state index in [1.165, 1.54) is 12.1 Å². The van der Waals surface area contributed by atoms with Crippen molar-refractivity contribution in [2.24, 2.45) is 0 Å². The van der Waals surface area contributed by atoms with Gasteiger partial charge in [0, 0.05) is 0 Å². The summed E-state index contributed by atoms with van der Waals surface area (Å²) in [5, 5.41) is 9.19. The van der Waals surface area contributed by atoms with Gasteiger partial charge in [0.25, 0.3) is 10.0 Å². The molecule has 0 heterocycles. The third-order valence-electron chi connectivity index (χ3n) is 3.62. The predicted molar refractivity (Wildman–Crippen MR) is 95.7 cm³/mol. The Morgan fingerprint density at radius 3 is 2.28 bits per heavy atom. The molecule has 0 aliphatic heterocycles. The Hall–Kier alpha value is -2.54. The van der Waals surface area contributed by atoms with Crippen molar-refractivity contribution < 1.29 is 23.1 Å². The van der Waals surface area contributed by atoms with E-state index in [-0.39, 0.29) is 4.90 Å². The molecule has 0 saturated carbocycles. The minimum absolute atomic E-state index is 0.0113. The molecule has 0 aromatic heterocycles. The average Bonchev–Trinajstić information content (AvgIpc) is 2.54. The first-order chi connectivity index (χ1) is 11.8. The lowest BCUT2D eigenvalue weighted by atomic mass is 10.1. The molecule has 0 fully saturated rings. The first-order valence-corrected chi connectivity index (χ1v) is 9.24. The molecule has 0 spiro atoms. The minimum Gasteiger partial charge on any atom is -0.494 e. The van der Waals surface area contributed by atoms with Gasteiger partial charge in [0.1, 0.15) is 12.3 Å². The summed E-state index contributed by atoms with van der Waals surface area (Å²) >= 11 is 0. The summed E-state index contributed by atoms with van der Waals surface area (Å²) in [7, 11) is -4.02. The van der Waals surface area contributed by atoms with Gasteiger partial charge in [-0.05, 0) is 56.7 Å². The van der Waals surface area contributed by atoms with Crippen LogP contribution >= 0.6 is 0 Å². The van der Waals surface area contributed by atoms with Gasteiger partial charge in [-0.15, -0.1) is 0 Å². The molecule has 0 aliphatic rings. The smallest absolute Gasteiger partial charge is 0.324 e. The molecule has 0 unspecified atom stereocenters. The fourth-order valence-corrected chi connectivity index (χ4v) is 3.99. The Bertz CT molecular complexity index is 860. The van der Waals surface area contributed by atoms with E-state index in [2.05, 4.69) is 0 Å². The summed E-state index contributed by atoms with van der Waals surface area (Å²) in [6.45, 7) is 5.29. The molecule has 1 N–H and O–H groups in total. The highest BCUT2D eigenvalue weighted by Gasteiger charge is 2.28. The summed E-state index contributed by atoms with van der Waals surface area (Å²) in [6, 6.07) is 11.1. The second-order valence-electron chi connectivity index (χ2n) is 5.60. The van der Waals surface area contributed by atoms with E-state index in [1.807, 2.05) is 19.9 Å². The van der Waals surface area contributed by atoms with Crippen molar-refractivity contribution >= 4 is 21.7 Å². The number of benzene rings is 2. The maximum Gasteiger partial charge on any atom is 0.324 e. The van der Waals surface area contributed by atoms with Crippen LogP contribution in [0.2, 0.25) is 0 Å². The van der Waals surface area contributed by atoms with Crippen molar-refractivity contribution in [2.75, 3.05) is 17.5 Å². The monoisotopic (exact) mass is 363 g/mol. The van der Waals surface area contributed by atoms with E-state index in [0.29, 0.717) is 23.6 Å². The van der Waals surface area contributed by atoms with Gasteiger partial charge < -0.3 is 9.84 Å². The molecule has 0 amide bonds. The predicted octanol–water partition coefficient (Wildman–Crippen LogP) is 2.98. The molecule has 25 heavy (non-hydrogen) atoms. The molecular weight excluding hydrogens is 342 g/mol. The summed E-state index contributed by atoms with van der Waals surface area (Å²) < 4.78 is 32.2. The summed E-state index contributed by atoms with van der Waals surface area (Å²) in [4.78, 5) is 11.3. The molecule has 134 valence electrons. The topological polar surface area (TPSA) is 83.9 Å². The Morgan fingerprint density at radius 2 is 1.76 bits per heavy atom. The van der Waals surface area contributed by atoms with E-state index in [4.69, 9.17) is 4.74 Å². The number of ether oxygens (including phenoxy) is 1. The number of anilines is 1. The van der Waals surface area contributed by atoms with Crippen molar-refractivity contribution in [3.8, 4) is 5.75 Å². The SMILES string of the molecule is CCOc1ccc(S(=O)(=O)N(CC(=O)O)c2ccc(C)cc2C)cc1. The quantitative estimate of drug-likeness (QED) is 0.817. The second-order valence-corrected chi connectivity index (χ2v) is 7.46. The number of hydrogen-bond donors (Lipinski definition) is 1. The average molecular weight is 363 g/mol. The third-order valence-corrected chi connectivity index (χ3v) is 5.40. The maximum absolute atomic E-state index is 13.0. The fourth-order valence-electron chi connectivity index (χ4n) is 2.51. The van der Waals surface area contributed by atoms with Crippen molar-refractivity contribution in [1.29, 1.82) is 0 Å². The second kappa shape index (κ2) is 7.57. The Labute approximate surface area is 147 Å². The fraction of sp³-hybridized carbons (Fsp3) is 0.278. The summed E-state index contributed by atoms with van der Waals surface area (Å²) in [6.07, 6.45) is 0. The van der Waals surface area contributed by atoms with Crippen LogP contribution in [0, 0.1) is 13.8 Å². The highest BCUT2D eigenvalue weighted by molar-refractivity contribution is 7.92. The first-order valence-electron chi connectivity index (χ1n) is 7.80. The molecule has 2 aromatic rings. The van der Waals surface area contributed by atoms with Crippen molar-refractivity contribution in [1.82, 2.24) is 0 Å². The molecule has 7 heteroatoms. The summed E-state index contributed by atoms with van der Waals surface area (Å²) in [5.74, 6) is -0.674. The van der Waals surface area contributed by atoms with Crippen LogP contribution < -0.4 is 9.04 Å². The van der Waals surface area contributed by atoms with Gasteiger partial charge in [-0.1, -0.05) is 17.7 Å². The lowest BCUT2D eigenvalue weighted by molar-refractivity contribution is -0.135. The number of carbonyl (C=O) groups is 1. The van der Waals surface area contributed by atoms with Gasteiger partial charge in [-0.3, -0.25) is 9.10 Å². The highest BCUT2D eigenvalue weighted by atomic mass is 32.2. The lowest BCUT2D eigenvalue weighted by Gasteiger charge is -2.24. The number of nitrogens with zero attached hydrogens (tertiary/aromatic N) is 1. The summed E-state index contributed by atoms with van der Waals surface area (Å²) in [5.41, 5.74) is 2.01. The van der Waals surface area contributed by atoms with Gasteiger partial charge in [-0.25, -0.2) is 8.42 Å². The molecule has 0 saturated heterocycles. The van der Waals surface area contributed by atoms with Crippen molar-refractivity contribution in [2.45, 2.75) is 25.7 Å². The molecule has 2 aromatic carbocycles. The van der Waals surface area contributed by atoms with E-state index in [9.17, 15) is 18.3 Å². The van der Waals surface area contributed by atoms with Crippen LogP contribution in [0.25, 0.3) is 0 Å². The van der Waals surface area contributed by atoms with Crippen LogP contribution in [-0.2, 0) is 14.8 Å². The Balaban J connectivity index is 2.50. The number of aliphatic carboxylic acids is 1. The van der Waals surface area contributed by atoms with Crippen LogP contribution in [0.1, 0.15) is 18.1 Å². The number of aryl methyl sites for hydroxylation is 2. The minimum atomic E-state index is -4.02. The molecule has 0 radical (unpaired) electrons. The van der Waals surface area contributed by atoms with E-state index in [1.54, 1.807) is 31.2 Å². The van der Waals surface area contributed by atoms with Crippen LogP contribution in [0.15, 0.2) is 47.4 Å². The molecule has 0 atom stereocenters. The van der Waals surface area contributed by atoms with Gasteiger partial charge in [-0.2, -0.15) is 0 Å². The number of hydrogen-bond acceptors (Lipinski definition) is 4. The zero-order chi connectivity index (χ0) is 18.6. The lowest BCUT2D eigenvalue weighted by Crippen LogP contribution is -2.36. The van der Waals surface area contributed by atoms with E-state index in [0.717, 1.165) is 9.87 Å². The maximum atomic E-state index is 13.0. The van der Waals surface area contributed by atoms with Crippen molar-refractivity contribution in [3.05, 3.63) is 53.6 Å². The third kappa shape index (κ3) is 4.30. The zero-order valence-corrected chi connectivity index (χ0v) is 15.2. The van der Waals surface area contributed by atoms with Crippen LogP contribution in [0.4, 0.5) is 5.69 Å². The van der Waals surface area contributed by atoms with Gasteiger partial charge in [0.2, 0.25) is 0 Å². The first kappa shape index (κ1) is 18.8. The van der Waals surface area contributed by atoms with Gasteiger partial charge in [0.05, 0.1) is 17.2 Å². The largest absolute Gasteiger partial charge is 0.494 e. The Kier molecular flexibility index (Phi) is 5.69. The van der Waals surface area contributed by atoms with Gasteiger partial charge in [0.15, 0.2) is 0 Å². The molecule has 0 bridgehead atoms. The Morgan fingerprint density at radius 1 is 1.12 bits per heavy atom. The van der Waals surface area contributed by atoms with E-state index >= 15 is 0 Å².